The molecular weight excluding hydrogens is 305 g/mol. The van der Waals surface area contributed by atoms with Crippen LogP contribution in [0.15, 0.2) is 36.4 Å². The number of alkyl halides is 3. The largest absolute Gasteiger partial charge is 0.456 e. The van der Waals surface area contributed by atoms with Crippen LogP contribution in [0.5, 0.6) is 11.5 Å². The van der Waals surface area contributed by atoms with Crippen LogP contribution in [0.2, 0.25) is 5.02 Å². The fraction of sp³-hybridized carbons (Fsp3) is 0.133. The van der Waals surface area contributed by atoms with Gasteiger partial charge in [0.2, 0.25) is 0 Å². The molecule has 0 unspecified atom stereocenters. The molecule has 0 N–H and O–H groups in total. The number of halogens is 4. The number of carbonyl (C=O) groups is 1. The molecule has 0 aromatic heterocycles. The quantitative estimate of drug-likeness (QED) is 0.721. The fourth-order valence-electron chi connectivity index (χ4n) is 1.76. The second-order valence-electron chi connectivity index (χ2n) is 4.38. The van der Waals surface area contributed by atoms with Gasteiger partial charge in [0.1, 0.15) is 11.5 Å². The van der Waals surface area contributed by atoms with Gasteiger partial charge in [-0.3, -0.25) is 4.79 Å². The Kier molecular flexibility index (Phi) is 4.23. The number of ether oxygens (including phenoxy) is 1. The molecule has 0 bridgehead atoms. The van der Waals surface area contributed by atoms with Crippen molar-refractivity contribution in [2.24, 2.45) is 0 Å². The lowest BCUT2D eigenvalue weighted by Crippen LogP contribution is -2.06. The monoisotopic (exact) mass is 314 g/mol. The van der Waals surface area contributed by atoms with E-state index in [4.69, 9.17) is 16.3 Å². The molecule has 0 aliphatic carbocycles. The summed E-state index contributed by atoms with van der Waals surface area (Å²) in [5.41, 5.74) is -0.358. The van der Waals surface area contributed by atoms with Crippen molar-refractivity contribution < 1.29 is 22.7 Å². The van der Waals surface area contributed by atoms with Gasteiger partial charge in [-0.2, -0.15) is 13.2 Å². The number of rotatable bonds is 3. The summed E-state index contributed by atoms with van der Waals surface area (Å²) < 4.78 is 43.3. The Morgan fingerprint density at radius 3 is 2.33 bits per heavy atom. The van der Waals surface area contributed by atoms with E-state index in [0.29, 0.717) is 22.6 Å². The third-order valence-corrected chi connectivity index (χ3v) is 3.06. The maximum absolute atomic E-state index is 12.6. The Bertz CT molecular complexity index is 681. The van der Waals surface area contributed by atoms with Gasteiger partial charge in [0.25, 0.3) is 0 Å². The lowest BCUT2D eigenvalue weighted by molar-refractivity contribution is -0.137. The lowest BCUT2D eigenvalue weighted by atomic mass is 10.1. The Morgan fingerprint density at radius 2 is 1.76 bits per heavy atom. The highest BCUT2D eigenvalue weighted by Gasteiger charge is 2.31. The molecule has 0 radical (unpaired) electrons. The average molecular weight is 315 g/mol. The third kappa shape index (κ3) is 3.55. The Balaban J connectivity index is 2.38. The molecule has 21 heavy (non-hydrogen) atoms. The summed E-state index contributed by atoms with van der Waals surface area (Å²) in [5.74, 6) is 0.477. The van der Waals surface area contributed by atoms with E-state index >= 15 is 0 Å². The first-order chi connectivity index (χ1) is 9.81. The zero-order valence-electron chi connectivity index (χ0n) is 10.9. The van der Waals surface area contributed by atoms with Crippen molar-refractivity contribution in [3.63, 3.8) is 0 Å². The highest BCUT2D eigenvalue weighted by atomic mass is 35.5. The molecule has 0 aliphatic rings. The summed E-state index contributed by atoms with van der Waals surface area (Å²) in [7, 11) is 0. The summed E-state index contributed by atoms with van der Waals surface area (Å²) in [4.78, 5) is 11.0. The number of benzene rings is 2. The van der Waals surface area contributed by atoms with Gasteiger partial charge in [0.15, 0.2) is 6.29 Å². The van der Waals surface area contributed by atoms with Crippen LogP contribution in [0.3, 0.4) is 0 Å². The van der Waals surface area contributed by atoms with E-state index < -0.39 is 11.7 Å². The first-order valence-corrected chi connectivity index (χ1v) is 6.29. The van der Waals surface area contributed by atoms with Crippen molar-refractivity contribution in [3.8, 4) is 11.5 Å². The van der Waals surface area contributed by atoms with Gasteiger partial charge >= 0.3 is 6.18 Å². The fourth-order valence-corrected chi connectivity index (χ4v) is 1.98. The molecule has 2 rings (SSSR count). The van der Waals surface area contributed by atoms with Crippen molar-refractivity contribution >= 4 is 17.9 Å². The molecule has 2 aromatic carbocycles. The van der Waals surface area contributed by atoms with Gasteiger partial charge in [0, 0.05) is 5.02 Å². The van der Waals surface area contributed by atoms with Gasteiger partial charge in [-0.15, -0.1) is 0 Å². The van der Waals surface area contributed by atoms with Crippen LogP contribution in [0.4, 0.5) is 13.2 Å². The highest BCUT2D eigenvalue weighted by molar-refractivity contribution is 6.30. The van der Waals surface area contributed by atoms with E-state index in [1.807, 2.05) is 0 Å². The SMILES string of the molecule is Cc1cc(Cl)ccc1Oc1ccc(C(F)(F)F)cc1C=O. The molecule has 6 heteroatoms. The first-order valence-electron chi connectivity index (χ1n) is 5.91. The second-order valence-corrected chi connectivity index (χ2v) is 4.82. The second kappa shape index (κ2) is 5.77. The van der Waals surface area contributed by atoms with Crippen molar-refractivity contribution in [2.75, 3.05) is 0 Å². The molecule has 0 amide bonds. The molecule has 2 aromatic rings. The minimum Gasteiger partial charge on any atom is -0.456 e. The standard InChI is InChI=1S/C15H10ClF3O2/c1-9-6-12(16)3-5-13(9)21-14-4-2-11(15(17,18)19)7-10(14)8-20/h2-8H,1H3. The van der Waals surface area contributed by atoms with Gasteiger partial charge in [-0.05, 0) is 48.9 Å². The molecule has 0 aliphatic heterocycles. The summed E-state index contributed by atoms with van der Waals surface area (Å²) in [5, 5.41) is 0.517. The topological polar surface area (TPSA) is 26.3 Å². The molecule has 110 valence electrons. The van der Waals surface area contributed by atoms with E-state index in [1.165, 1.54) is 0 Å². The molecule has 0 saturated heterocycles. The van der Waals surface area contributed by atoms with E-state index in [0.717, 1.165) is 18.2 Å². The molecular formula is C15H10ClF3O2. The van der Waals surface area contributed by atoms with Gasteiger partial charge in [-0.25, -0.2) is 0 Å². The minimum atomic E-state index is -4.51. The summed E-state index contributed by atoms with van der Waals surface area (Å²) in [6.45, 7) is 1.74. The molecule has 0 heterocycles. The number of hydrogen-bond acceptors (Lipinski definition) is 2. The van der Waals surface area contributed by atoms with Crippen molar-refractivity contribution in [1.29, 1.82) is 0 Å². The maximum atomic E-state index is 12.6. The van der Waals surface area contributed by atoms with Gasteiger partial charge in [0.05, 0.1) is 11.1 Å². The Morgan fingerprint density at radius 1 is 1.10 bits per heavy atom. The predicted octanol–water partition coefficient (Wildman–Crippen LogP) is 5.27. The number of aldehydes is 1. The van der Waals surface area contributed by atoms with Gasteiger partial charge in [-0.1, -0.05) is 11.6 Å². The number of hydrogen-bond donors (Lipinski definition) is 0. The average Bonchev–Trinajstić information content (AvgIpc) is 2.41. The maximum Gasteiger partial charge on any atom is 0.416 e. The third-order valence-electron chi connectivity index (χ3n) is 2.82. The highest BCUT2D eigenvalue weighted by Crippen LogP contribution is 2.34. The smallest absolute Gasteiger partial charge is 0.416 e. The van der Waals surface area contributed by atoms with Crippen LogP contribution in [0, 0.1) is 6.92 Å². The van der Waals surface area contributed by atoms with Crippen molar-refractivity contribution in [1.82, 2.24) is 0 Å². The van der Waals surface area contributed by atoms with E-state index in [9.17, 15) is 18.0 Å². The van der Waals surface area contributed by atoms with Crippen LogP contribution in [-0.2, 0) is 6.18 Å². The van der Waals surface area contributed by atoms with Crippen LogP contribution >= 0.6 is 11.6 Å². The van der Waals surface area contributed by atoms with E-state index in [1.54, 1.807) is 25.1 Å². The summed E-state index contributed by atoms with van der Waals surface area (Å²) in [6.07, 6.45) is -4.18. The normalized spacial score (nSPS) is 11.3. The molecule has 2 nitrogen and oxygen atoms in total. The first kappa shape index (κ1) is 15.4. The molecule has 0 atom stereocenters. The van der Waals surface area contributed by atoms with Gasteiger partial charge < -0.3 is 4.74 Å². The van der Waals surface area contributed by atoms with E-state index in [-0.39, 0.29) is 11.3 Å². The van der Waals surface area contributed by atoms with Crippen LogP contribution in [0.1, 0.15) is 21.5 Å². The van der Waals surface area contributed by atoms with E-state index in [2.05, 4.69) is 0 Å². The Labute approximate surface area is 124 Å². The van der Waals surface area contributed by atoms with Crippen LogP contribution < -0.4 is 4.74 Å². The number of aryl methyl sites for hydroxylation is 1. The summed E-state index contributed by atoms with van der Waals surface area (Å²) in [6, 6.07) is 7.59. The lowest BCUT2D eigenvalue weighted by Gasteiger charge is -2.13. The predicted molar refractivity (Wildman–Crippen MR) is 73.1 cm³/mol. The van der Waals surface area contributed by atoms with Crippen LogP contribution in [0.25, 0.3) is 0 Å². The zero-order chi connectivity index (χ0) is 15.6. The van der Waals surface area contributed by atoms with Crippen molar-refractivity contribution in [3.05, 3.63) is 58.1 Å². The Hall–Kier alpha value is -2.01. The molecule has 0 fully saturated rings. The zero-order valence-corrected chi connectivity index (χ0v) is 11.6. The minimum absolute atomic E-state index is 0.0587. The molecule has 0 saturated carbocycles. The van der Waals surface area contributed by atoms with Crippen molar-refractivity contribution in [2.45, 2.75) is 13.1 Å². The van der Waals surface area contributed by atoms with Crippen LogP contribution in [-0.4, -0.2) is 6.29 Å². The number of carbonyl (C=O) groups excluding carboxylic acids is 1. The molecule has 0 spiro atoms. The summed E-state index contributed by atoms with van der Waals surface area (Å²) >= 11 is 5.81.